The lowest BCUT2D eigenvalue weighted by Crippen LogP contribution is -2.37. The molecule has 4 heteroatoms. The third kappa shape index (κ3) is 3.69. The van der Waals surface area contributed by atoms with Gasteiger partial charge in [0.1, 0.15) is 0 Å². The molecule has 104 valence electrons. The number of rotatable bonds is 6. The maximum Gasteiger partial charge on any atom is 0.0750 e. The number of thiophene rings is 1. The van der Waals surface area contributed by atoms with Crippen LogP contribution in [0.2, 0.25) is 5.02 Å². The van der Waals surface area contributed by atoms with Crippen LogP contribution in [0.1, 0.15) is 25.6 Å². The van der Waals surface area contributed by atoms with Gasteiger partial charge in [-0.2, -0.15) is 0 Å². The molecule has 2 rings (SSSR count). The van der Waals surface area contributed by atoms with Crippen LogP contribution in [-0.2, 0) is 11.3 Å². The van der Waals surface area contributed by atoms with E-state index in [9.17, 15) is 0 Å². The summed E-state index contributed by atoms with van der Waals surface area (Å²) in [5, 5.41) is 5.45. The smallest absolute Gasteiger partial charge is 0.0750 e. The molecule has 0 aliphatic heterocycles. The summed E-state index contributed by atoms with van der Waals surface area (Å²) in [5.41, 5.74) is -0.141. The second-order valence-corrected chi connectivity index (χ2v) is 6.65. The molecule has 0 amide bonds. The van der Waals surface area contributed by atoms with Gasteiger partial charge in [0.25, 0.3) is 0 Å². The lowest BCUT2D eigenvalue weighted by atomic mass is 10.1. The molecular weight excluding hydrogens is 278 g/mol. The minimum Gasteiger partial charge on any atom is -0.375 e. The van der Waals surface area contributed by atoms with E-state index in [1.165, 1.54) is 9.58 Å². The van der Waals surface area contributed by atoms with E-state index < -0.39 is 0 Å². The summed E-state index contributed by atoms with van der Waals surface area (Å²) in [4.78, 5) is 1.19. The van der Waals surface area contributed by atoms with Gasteiger partial charge in [0.05, 0.1) is 10.6 Å². The van der Waals surface area contributed by atoms with E-state index in [0.29, 0.717) is 0 Å². The Morgan fingerprint density at radius 2 is 2.05 bits per heavy atom. The van der Waals surface area contributed by atoms with Gasteiger partial charge in [-0.05, 0) is 26.8 Å². The molecule has 0 atom stereocenters. The van der Waals surface area contributed by atoms with E-state index in [0.717, 1.165) is 30.1 Å². The Labute approximate surface area is 123 Å². The Balaban J connectivity index is 2.00. The first-order valence-electron chi connectivity index (χ1n) is 6.54. The average Bonchev–Trinajstić information content (AvgIpc) is 2.67. The lowest BCUT2D eigenvalue weighted by Gasteiger charge is -2.24. The molecule has 0 aliphatic rings. The highest BCUT2D eigenvalue weighted by Crippen LogP contribution is 2.34. The van der Waals surface area contributed by atoms with Gasteiger partial charge in [-0.25, -0.2) is 0 Å². The predicted molar refractivity (Wildman–Crippen MR) is 84.2 cm³/mol. The summed E-state index contributed by atoms with van der Waals surface area (Å²) < 4.78 is 6.91. The van der Waals surface area contributed by atoms with Gasteiger partial charge >= 0.3 is 0 Å². The zero-order valence-electron chi connectivity index (χ0n) is 11.6. The fourth-order valence-corrected chi connectivity index (χ4v) is 3.57. The van der Waals surface area contributed by atoms with Crippen molar-refractivity contribution in [3.8, 4) is 0 Å². The monoisotopic (exact) mass is 297 g/mol. The minimum atomic E-state index is -0.141. The third-order valence-electron chi connectivity index (χ3n) is 2.97. The van der Waals surface area contributed by atoms with Crippen LogP contribution in [0.25, 0.3) is 10.1 Å². The number of nitrogens with one attached hydrogen (secondary N) is 1. The SMILES string of the molecule is CCOC(C)(C)CNCc1sc2ccccc2c1Cl. The van der Waals surface area contributed by atoms with Crippen LogP contribution in [0.5, 0.6) is 0 Å². The molecule has 0 bridgehead atoms. The lowest BCUT2D eigenvalue weighted by molar-refractivity contribution is -0.00893. The molecule has 1 N–H and O–H groups in total. The summed E-state index contributed by atoms with van der Waals surface area (Å²) >= 11 is 8.16. The van der Waals surface area contributed by atoms with Crippen LogP contribution in [0.3, 0.4) is 0 Å². The Morgan fingerprint density at radius 1 is 1.32 bits per heavy atom. The van der Waals surface area contributed by atoms with Crippen molar-refractivity contribution in [2.24, 2.45) is 0 Å². The van der Waals surface area contributed by atoms with Crippen molar-refractivity contribution < 1.29 is 4.74 Å². The zero-order chi connectivity index (χ0) is 13.9. The van der Waals surface area contributed by atoms with Crippen molar-refractivity contribution in [2.75, 3.05) is 13.2 Å². The molecule has 19 heavy (non-hydrogen) atoms. The fraction of sp³-hybridized carbons (Fsp3) is 0.467. The topological polar surface area (TPSA) is 21.3 Å². The Hall–Kier alpha value is -0.610. The van der Waals surface area contributed by atoms with Gasteiger partial charge in [0, 0.05) is 34.7 Å². The third-order valence-corrected chi connectivity index (χ3v) is 4.69. The summed E-state index contributed by atoms with van der Waals surface area (Å²) in [5.74, 6) is 0. The number of hydrogen-bond acceptors (Lipinski definition) is 3. The molecule has 0 radical (unpaired) electrons. The van der Waals surface area contributed by atoms with Gasteiger partial charge in [-0.3, -0.25) is 0 Å². The van der Waals surface area contributed by atoms with Crippen LogP contribution in [0.15, 0.2) is 24.3 Å². The molecule has 0 saturated heterocycles. The Bertz CT molecular complexity index is 550. The van der Waals surface area contributed by atoms with E-state index in [1.54, 1.807) is 11.3 Å². The molecule has 2 aromatic rings. The standard InChI is InChI=1S/C15H20ClNOS/c1-4-18-15(2,3)10-17-9-13-14(16)11-7-5-6-8-12(11)19-13/h5-8,17H,4,9-10H2,1-3H3. The van der Waals surface area contributed by atoms with Crippen molar-refractivity contribution in [1.82, 2.24) is 5.32 Å². The van der Waals surface area contributed by atoms with Gasteiger partial charge in [0.15, 0.2) is 0 Å². The Kier molecular flexibility index (Phi) is 4.85. The highest BCUT2D eigenvalue weighted by molar-refractivity contribution is 7.19. The highest BCUT2D eigenvalue weighted by atomic mass is 35.5. The number of hydrogen-bond donors (Lipinski definition) is 1. The van der Waals surface area contributed by atoms with Gasteiger partial charge in [-0.15, -0.1) is 11.3 Å². The maximum absolute atomic E-state index is 6.41. The second kappa shape index (κ2) is 6.23. The molecule has 1 heterocycles. The number of fused-ring (bicyclic) bond motifs is 1. The van der Waals surface area contributed by atoms with E-state index in [1.807, 2.05) is 19.1 Å². The first-order valence-corrected chi connectivity index (χ1v) is 7.73. The molecular formula is C15H20ClNOS. The van der Waals surface area contributed by atoms with Gasteiger partial charge < -0.3 is 10.1 Å². The average molecular weight is 298 g/mol. The molecule has 1 aromatic carbocycles. The largest absolute Gasteiger partial charge is 0.375 e. The summed E-state index contributed by atoms with van der Waals surface area (Å²) in [6.07, 6.45) is 0. The summed E-state index contributed by atoms with van der Waals surface area (Å²) in [6.45, 7) is 8.54. The summed E-state index contributed by atoms with van der Waals surface area (Å²) in [7, 11) is 0. The molecule has 1 aromatic heterocycles. The molecule has 0 fully saturated rings. The van der Waals surface area contributed by atoms with Crippen LogP contribution in [0.4, 0.5) is 0 Å². The van der Waals surface area contributed by atoms with Crippen LogP contribution < -0.4 is 5.32 Å². The first-order chi connectivity index (χ1) is 9.03. The molecule has 0 spiro atoms. The maximum atomic E-state index is 6.41. The number of halogens is 1. The van der Waals surface area contributed by atoms with Crippen molar-refractivity contribution in [3.63, 3.8) is 0 Å². The Morgan fingerprint density at radius 3 is 2.74 bits per heavy atom. The van der Waals surface area contributed by atoms with Crippen LogP contribution >= 0.6 is 22.9 Å². The normalized spacial score (nSPS) is 12.2. The van der Waals surface area contributed by atoms with Crippen LogP contribution in [0, 0.1) is 0 Å². The second-order valence-electron chi connectivity index (χ2n) is 5.13. The molecule has 0 saturated carbocycles. The highest BCUT2D eigenvalue weighted by Gasteiger charge is 2.17. The molecule has 0 aliphatic carbocycles. The van der Waals surface area contributed by atoms with Crippen LogP contribution in [-0.4, -0.2) is 18.8 Å². The van der Waals surface area contributed by atoms with Crippen molar-refractivity contribution in [2.45, 2.75) is 32.9 Å². The first kappa shape index (κ1) is 14.8. The van der Waals surface area contributed by atoms with Crippen molar-refractivity contribution in [1.29, 1.82) is 0 Å². The van der Waals surface area contributed by atoms with Crippen molar-refractivity contribution in [3.05, 3.63) is 34.2 Å². The van der Waals surface area contributed by atoms with E-state index >= 15 is 0 Å². The van der Waals surface area contributed by atoms with Crippen molar-refractivity contribution >= 4 is 33.0 Å². The van der Waals surface area contributed by atoms with Gasteiger partial charge in [-0.1, -0.05) is 29.8 Å². The molecule has 2 nitrogen and oxygen atoms in total. The minimum absolute atomic E-state index is 0.141. The van der Waals surface area contributed by atoms with E-state index in [-0.39, 0.29) is 5.60 Å². The quantitative estimate of drug-likeness (QED) is 0.850. The zero-order valence-corrected chi connectivity index (χ0v) is 13.2. The number of benzene rings is 1. The predicted octanol–water partition coefficient (Wildman–Crippen LogP) is 4.46. The van der Waals surface area contributed by atoms with E-state index in [2.05, 4.69) is 31.3 Å². The van der Waals surface area contributed by atoms with Gasteiger partial charge in [0.2, 0.25) is 0 Å². The fourth-order valence-electron chi connectivity index (χ4n) is 2.10. The molecule has 0 unspecified atom stereocenters. The summed E-state index contributed by atoms with van der Waals surface area (Å²) in [6, 6.07) is 8.25. The van der Waals surface area contributed by atoms with E-state index in [4.69, 9.17) is 16.3 Å². The number of ether oxygens (including phenoxy) is 1.